The Balaban J connectivity index is 2.43. The van der Waals surface area contributed by atoms with Crippen LogP contribution in [0.25, 0.3) is 0 Å². The van der Waals surface area contributed by atoms with E-state index in [1.165, 1.54) is 7.11 Å². The Morgan fingerprint density at radius 3 is 2.53 bits per heavy atom. The van der Waals surface area contributed by atoms with Crippen molar-refractivity contribution < 1.29 is 14.7 Å². The number of hydrogen-bond donors (Lipinski definition) is 2. The molecule has 3 N–H and O–H groups in total. The molecule has 17 heavy (non-hydrogen) atoms. The van der Waals surface area contributed by atoms with Crippen LogP contribution in [0.5, 0.6) is 0 Å². The standard InChI is InChI=1S/C10H20N4O3/c1-8(10(11)12-16)13-3-5-14(6-4-13)9(15)7-17-2/h8,16H,3-7H2,1-2H3,(H2,11,12). The summed E-state index contributed by atoms with van der Waals surface area (Å²) in [5, 5.41) is 11.6. The lowest BCUT2D eigenvalue weighted by Gasteiger charge is -2.37. The quantitative estimate of drug-likeness (QED) is 0.284. The van der Waals surface area contributed by atoms with E-state index in [0.29, 0.717) is 26.2 Å². The van der Waals surface area contributed by atoms with Crippen LogP contribution in [0.3, 0.4) is 0 Å². The number of ether oxygens (including phenoxy) is 1. The van der Waals surface area contributed by atoms with Gasteiger partial charge >= 0.3 is 0 Å². The minimum Gasteiger partial charge on any atom is -0.409 e. The van der Waals surface area contributed by atoms with Gasteiger partial charge < -0.3 is 20.6 Å². The van der Waals surface area contributed by atoms with E-state index < -0.39 is 0 Å². The van der Waals surface area contributed by atoms with Crippen LogP contribution < -0.4 is 5.73 Å². The van der Waals surface area contributed by atoms with E-state index >= 15 is 0 Å². The van der Waals surface area contributed by atoms with Crippen LogP contribution in [0.4, 0.5) is 0 Å². The van der Waals surface area contributed by atoms with Gasteiger partial charge in [-0.25, -0.2) is 0 Å². The molecule has 1 fully saturated rings. The van der Waals surface area contributed by atoms with Gasteiger partial charge in [0.05, 0.1) is 6.04 Å². The predicted molar refractivity (Wildman–Crippen MR) is 62.9 cm³/mol. The third-order valence-electron chi connectivity index (χ3n) is 3.03. The normalized spacial score (nSPS) is 20.4. The average molecular weight is 244 g/mol. The highest BCUT2D eigenvalue weighted by atomic mass is 16.5. The molecule has 0 spiro atoms. The Morgan fingerprint density at radius 1 is 1.47 bits per heavy atom. The van der Waals surface area contributed by atoms with Crippen molar-refractivity contribution in [3.05, 3.63) is 0 Å². The van der Waals surface area contributed by atoms with E-state index in [9.17, 15) is 4.79 Å². The van der Waals surface area contributed by atoms with Crippen molar-refractivity contribution in [2.24, 2.45) is 10.9 Å². The fraction of sp³-hybridized carbons (Fsp3) is 0.800. The fourth-order valence-corrected chi connectivity index (χ4v) is 1.84. The van der Waals surface area contributed by atoms with Crippen LogP contribution >= 0.6 is 0 Å². The Morgan fingerprint density at radius 2 is 2.06 bits per heavy atom. The van der Waals surface area contributed by atoms with Gasteiger partial charge in [-0.3, -0.25) is 9.69 Å². The summed E-state index contributed by atoms with van der Waals surface area (Å²) >= 11 is 0. The highest BCUT2D eigenvalue weighted by Gasteiger charge is 2.25. The Kier molecular flexibility index (Phi) is 5.17. The number of hydrogen-bond acceptors (Lipinski definition) is 5. The van der Waals surface area contributed by atoms with Crippen LogP contribution in [0, 0.1) is 0 Å². The molecule has 1 aliphatic heterocycles. The van der Waals surface area contributed by atoms with Crippen molar-refractivity contribution in [2.75, 3.05) is 39.9 Å². The second-order valence-corrected chi connectivity index (χ2v) is 4.05. The van der Waals surface area contributed by atoms with Crippen molar-refractivity contribution in [1.29, 1.82) is 0 Å². The molecule has 1 amide bonds. The summed E-state index contributed by atoms with van der Waals surface area (Å²) in [4.78, 5) is 15.4. The van der Waals surface area contributed by atoms with E-state index in [2.05, 4.69) is 10.1 Å². The topological polar surface area (TPSA) is 91.4 Å². The van der Waals surface area contributed by atoms with Gasteiger partial charge in [0, 0.05) is 33.3 Å². The maximum Gasteiger partial charge on any atom is 0.248 e. The first-order valence-corrected chi connectivity index (χ1v) is 5.58. The van der Waals surface area contributed by atoms with Crippen molar-refractivity contribution in [3.8, 4) is 0 Å². The number of piperazine rings is 1. The summed E-state index contributed by atoms with van der Waals surface area (Å²) in [6.07, 6.45) is 0. The molecule has 0 saturated carbocycles. The van der Waals surface area contributed by atoms with Gasteiger partial charge in [-0.2, -0.15) is 0 Å². The highest BCUT2D eigenvalue weighted by molar-refractivity contribution is 5.84. The van der Waals surface area contributed by atoms with Crippen molar-refractivity contribution in [1.82, 2.24) is 9.80 Å². The molecule has 0 aliphatic carbocycles. The lowest BCUT2D eigenvalue weighted by atomic mass is 10.2. The summed E-state index contributed by atoms with van der Waals surface area (Å²) in [5.74, 6) is 0.199. The minimum atomic E-state index is -0.111. The highest BCUT2D eigenvalue weighted by Crippen LogP contribution is 2.06. The van der Waals surface area contributed by atoms with Crippen molar-refractivity contribution in [2.45, 2.75) is 13.0 Å². The lowest BCUT2D eigenvalue weighted by molar-refractivity contribution is -0.137. The first-order valence-electron chi connectivity index (χ1n) is 5.58. The molecule has 0 aromatic heterocycles. The van der Waals surface area contributed by atoms with Gasteiger partial charge in [-0.15, -0.1) is 0 Å². The van der Waals surface area contributed by atoms with Gasteiger partial charge in [0.1, 0.15) is 6.61 Å². The zero-order valence-corrected chi connectivity index (χ0v) is 10.3. The van der Waals surface area contributed by atoms with Crippen LogP contribution in [-0.2, 0) is 9.53 Å². The monoisotopic (exact) mass is 244 g/mol. The second-order valence-electron chi connectivity index (χ2n) is 4.05. The third-order valence-corrected chi connectivity index (χ3v) is 3.03. The summed E-state index contributed by atoms with van der Waals surface area (Å²) in [7, 11) is 1.51. The number of amidine groups is 1. The number of nitrogens with two attached hydrogens (primary N) is 1. The van der Waals surface area contributed by atoms with E-state index in [4.69, 9.17) is 15.7 Å². The van der Waals surface area contributed by atoms with Gasteiger partial charge in [0.25, 0.3) is 0 Å². The number of rotatable bonds is 4. The number of carbonyl (C=O) groups is 1. The van der Waals surface area contributed by atoms with E-state index in [1.807, 2.05) is 6.92 Å². The number of carbonyl (C=O) groups excluding carboxylic acids is 1. The van der Waals surface area contributed by atoms with Crippen LogP contribution in [0.1, 0.15) is 6.92 Å². The number of amides is 1. The molecular weight excluding hydrogens is 224 g/mol. The molecule has 98 valence electrons. The molecular formula is C10H20N4O3. The van der Waals surface area contributed by atoms with Crippen molar-refractivity contribution in [3.63, 3.8) is 0 Å². The Hall–Kier alpha value is -1.34. The largest absolute Gasteiger partial charge is 0.409 e. The molecule has 0 aromatic carbocycles. The van der Waals surface area contributed by atoms with Gasteiger partial charge in [0.2, 0.25) is 5.91 Å². The third kappa shape index (κ3) is 3.57. The fourth-order valence-electron chi connectivity index (χ4n) is 1.84. The molecule has 1 rings (SSSR count). The van der Waals surface area contributed by atoms with Crippen molar-refractivity contribution >= 4 is 11.7 Å². The predicted octanol–water partition coefficient (Wildman–Crippen LogP) is -1.09. The first kappa shape index (κ1) is 13.7. The summed E-state index contributed by atoms with van der Waals surface area (Å²) in [6, 6.07) is -0.111. The lowest BCUT2D eigenvalue weighted by Crippen LogP contribution is -2.54. The summed E-state index contributed by atoms with van der Waals surface area (Å²) < 4.78 is 4.81. The minimum absolute atomic E-state index is 0.00333. The smallest absolute Gasteiger partial charge is 0.248 e. The maximum absolute atomic E-state index is 11.6. The number of methoxy groups -OCH3 is 1. The Bertz CT molecular complexity index is 287. The van der Waals surface area contributed by atoms with Crippen LogP contribution in [0.15, 0.2) is 5.16 Å². The average Bonchev–Trinajstić information content (AvgIpc) is 2.37. The molecule has 1 saturated heterocycles. The number of oxime groups is 1. The maximum atomic E-state index is 11.6. The molecule has 7 nitrogen and oxygen atoms in total. The zero-order valence-electron chi connectivity index (χ0n) is 10.3. The van der Waals surface area contributed by atoms with Crippen LogP contribution in [0.2, 0.25) is 0 Å². The van der Waals surface area contributed by atoms with Gasteiger partial charge in [-0.1, -0.05) is 5.16 Å². The Labute approximate surface area is 101 Å². The molecule has 1 atom stereocenters. The first-order chi connectivity index (χ1) is 8.10. The molecule has 1 unspecified atom stereocenters. The van der Waals surface area contributed by atoms with E-state index in [0.717, 1.165) is 0 Å². The molecule has 1 heterocycles. The molecule has 7 heteroatoms. The van der Waals surface area contributed by atoms with E-state index in [-0.39, 0.29) is 24.4 Å². The van der Waals surface area contributed by atoms with Gasteiger partial charge in [0.15, 0.2) is 5.84 Å². The molecule has 0 radical (unpaired) electrons. The zero-order chi connectivity index (χ0) is 12.8. The molecule has 0 bridgehead atoms. The van der Waals surface area contributed by atoms with E-state index in [1.54, 1.807) is 4.90 Å². The number of nitrogens with zero attached hydrogens (tertiary/aromatic N) is 3. The van der Waals surface area contributed by atoms with Crippen LogP contribution in [-0.4, -0.2) is 72.7 Å². The molecule has 1 aliphatic rings. The van der Waals surface area contributed by atoms with Gasteiger partial charge in [-0.05, 0) is 6.92 Å². The summed E-state index contributed by atoms with van der Waals surface area (Å²) in [5.41, 5.74) is 5.55. The summed E-state index contributed by atoms with van der Waals surface area (Å²) in [6.45, 7) is 4.72. The second kappa shape index (κ2) is 6.41. The SMILES string of the molecule is COCC(=O)N1CCN(C(C)C(N)=NO)CC1. The molecule has 0 aromatic rings.